The van der Waals surface area contributed by atoms with Gasteiger partial charge >= 0.3 is 0 Å². The predicted octanol–water partition coefficient (Wildman–Crippen LogP) is 1.28. The van der Waals surface area contributed by atoms with Gasteiger partial charge in [0.15, 0.2) is 9.76 Å². The minimum absolute atomic E-state index is 0.395. The molecule has 0 aromatic rings. The molecule has 0 saturated heterocycles. The second-order valence-corrected chi connectivity index (χ2v) is 3.91. The number of carbonyl (C=O) groups excluding carboxylic acids is 1. The quantitative estimate of drug-likeness (QED) is 0.429. The Morgan fingerprint density at radius 3 is 2.73 bits per heavy atom. The van der Waals surface area contributed by atoms with Crippen molar-refractivity contribution in [3.63, 3.8) is 0 Å². The van der Waals surface area contributed by atoms with Crippen molar-refractivity contribution < 1.29 is 9.22 Å². The molecule has 0 N–H and O–H groups in total. The first-order chi connectivity index (χ1) is 5.31. The van der Waals surface area contributed by atoms with Crippen molar-refractivity contribution in [2.75, 3.05) is 6.61 Å². The van der Waals surface area contributed by atoms with Gasteiger partial charge in [-0.15, -0.1) is 0 Å². The van der Waals surface area contributed by atoms with Crippen LogP contribution in [-0.2, 0) is 9.22 Å². The lowest BCUT2D eigenvalue weighted by atomic mass is 10.2. The van der Waals surface area contributed by atoms with Gasteiger partial charge in [0.05, 0.1) is 0 Å². The Morgan fingerprint density at radius 1 is 1.45 bits per heavy atom. The molecule has 0 saturated carbocycles. The van der Waals surface area contributed by atoms with Crippen molar-refractivity contribution in [3.05, 3.63) is 0 Å². The van der Waals surface area contributed by atoms with Gasteiger partial charge in [-0.25, -0.2) is 0 Å². The maximum atomic E-state index is 11.0. The molecule has 66 valence electrons. The van der Waals surface area contributed by atoms with Crippen molar-refractivity contribution in [2.45, 2.75) is 39.2 Å². The molecule has 0 aromatic heterocycles. The number of carbonyl (C=O) groups is 1. The first kappa shape index (κ1) is 10.8. The minimum atomic E-state index is -0.514. The lowest BCUT2D eigenvalue weighted by Crippen LogP contribution is -2.05. The summed E-state index contributed by atoms with van der Waals surface area (Å²) in [4.78, 5) is 11.0. The Labute approximate surface area is 71.3 Å². The van der Waals surface area contributed by atoms with Crippen LogP contribution in [0, 0.1) is 0 Å². The third kappa shape index (κ3) is 7.75. The molecule has 0 aliphatic heterocycles. The molecule has 0 rings (SSSR count). The molecule has 0 radical (unpaired) electrons. The Bertz CT molecular complexity index is 104. The molecular weight excluding hydrogens is 156 g/mol. The van der Waals surface area contributed by atoms with Gasteiger partial charge in [-0.3, -0.25) is 4.79 Å². The molecule has 0 fully saturated rings. The van der Waals surface area contributed by atoms with E-state index in [9.17, 15) is 4.79 Å². The van der Waals surface area contributed by atoms with Gasteiger partial charge in [-0.05, 0) is 13.3 Å². The molecule has 0 heterocycles. The molecule has 0 bridgehead atoms. The van der Waals surface area contributed by atoms with E-state index in [0.717, 1.165) is 31.9 Å². The third-order valence-corrected chi connectivity index (χ3v) is 3.00. The van der Waals surface area contributed by atoms with Crippen molar-refractivity contribution in [2.24, 2.45) is 0 Å². The van der Waals surface area contributed by atoms with Gasteiger partial charge in [0.25, 0.3) is 0 Å². The number of rotatable bonds is 7. The van der Waals surface area contributed by atoms with Crippen LogP contribution in [0.4, 0.5) is 0 Å². The van der Waals surface area contributed by atoms with Crippen LogP contribution in [0.25, 0.3) is 0 Å². The monoisotopic (exact) mass is 174 g/mol. The van der Waals surface area contributed by atoms with Crippen LogP contribution in [0.5, 0.6) is 0 Å². The minimum Gasteiger partial charge on any atom is -0.424 e. The smallest absolute Gasteiger partial charge is 0.168 e. The molecule has 3 heteroatoms. The highest BCUT2D eigenvalue weighted by Gasteiger charge is 2.00. The Kier molecular flexibility index (Phi) is 7.84. The molecule has 0 aliphatic rings. The zero-order chi connectivity index (χ0) is 8.53. The van der Waals surface area contributed by atoms with Gasteiger partial charge < -0.3 is 4.43 Å². The molecule has 0 spiro atoms. The fourth-order valence-corrected chi connectivity index (χ4v) is 1.74. The summed E-state index contributed by atoms with van der Waals surface area (Å²) in [7, 11) is -0.514. The lowest BCUT2D eigenvalue weighted by Gasteiger charge is -1.98. The number of hydrogen-bond donors (Lipinski definition) is 0. The van der Waals surface area contributed by atoms with Crippen molar-refractivity contribution in [1.29, 1.82) is 0 Å². The number of ketones is 1. The standard InChI is InChI=1S/C8H18O2Si/c1-3-5-6-8(9)7-11-10-4-2/h3-7,11H2,1-2H3. The van der Waals surface area contributed by atoms with Gasteiger partial charge in [0.2, 0.25) is 0 Å². The van der Waals surface area contributed by atoms with E-state index in [4.69, 9.17) is 4.43 Å². The summed E-state index contributed by atoms with van der Waals surface area (Å²) in [6, 6.07) is 0.730. The van der Waals surface area contributed by atoms with Crippen molar-refractivity contribution >= 4 is 15.5 Å². The normalized spacial score (nSPS) is 11.1. The molecule has 11 heavy (non-hydrogen) atoms. The van der Waals surface area contributed by atoms with Crippen LogP contribution in [0.2, 0.25) is 6.04 Å². The average molecular weight is 174 g/mol. The summed E-state index contributed by atoms with van der Waals surface area (Å²) in [6.45, 7) is 4.85. The first-order valence-electron chi connectivity index (χ1n) is 4.40. The summed E-state index contributed by atoms with van der Waals surface area (Å²) in [5, 5.41) is 0. The summed E-state index contributed by atoms with van der Waals surface area (Å²) >= 11 is 0. The van der Waals surface area contributed by atoms with Crippen LogP contribution in [0.15, 0.2) is 0 Å². The molecular formula is C8H18O2Si. The summed E-state index contributed by atoms with van der Waals surface area (Å²) in [5.41, 5.74) is 0. The Morgan fingerprint density at radius 2 is 2.18 bits per heavy atom. The zero-order valence-electron chi connectivity index (χ0n) is 7.56. The fraction of sp³-hybridized carbons (Fsp3) is 0.875. The van der Waals surface area contributed by atoms with E-state index in [1.54, 1.807) is 0 Å². The average Bonchev–Trinajstić information content (AvgIpc) is 2.01. The molecule has 0 aromatic carbocycles. The lowest BCUT2D eigenvalue weighted by molar-refractivity contribution is -0.117. The number of Topliss-reactive ketones (excluding diaryl/α,β-unsaturated/α-hetero) is 1. The van der Waals surface area contributed by atoms with Crippen molar-refractivity contribution in [3.8, 4) is 0 Å². The molecule has 0 atom stereocenters. The van der Waals surface area contributed by atoms with E-state index in [0.29, 0.717) is 5.78 Å². The van der Waals surface area contributed by atoms with Crippen LogP contribution < -0.4 is 0 Å². The Hall–Kier alpha value is -0.153. The van der Waals surface area contributed by atoms with Crippen LogP contribution in [0.3, 0.4) is 0 Å². The molecule has 0 unspecified atom stereocenters. The number of hydrogen-bond acceptors (Lipinski definition) is 2. The topological polar surface area (TPSA) is 26.3 Å². The summed E-state index contributed by atoms with van der Waals surface area (Å²) < 4.78 is 5.20. The van der Waals surface area contributed by atoms with Crippen LogP contribution >= 0.6 is 0 Å². The molecule has 2 nitrogen and oxygen atoms in total. The van der Waals surface area contributed by atoms with E-state index in [-0.39, 0.29) is 0 Å². The summed E-state index contributed by atoms with van der Waals surface area (Å²) in [6.07, 6.45) is 2.91. The maximum absolute atomic E-state index is 11.0. The van der Waals surface area contributed by atoms with Gasteiger partial charge in [0, 0.05) is 19.1 Å². The highest BCUT2D eigenvalue weighted by atomic mass is 28.2. The first-order valence-corrected chi connectivity index (χ1v) is 5.98. The van der Waals surface area contributed by atoms with E-state index < -0.39 is 9.76 Å². The molecule has 0 aliphatic carbocycles. The largest absolute Gasteiger partial charge is 0.424 e. The second-order valence-electron chi connectivity index (χ2n) is 2.59. The highest BCUT2D eigenvalue weighted by Crippen LogP contribution is 1.98. The van der Waals surface area contributed by atoms with Gasteiger partial charge in [-0.1, -0.05) is 13.3 Å². The van der Waals surface area contributed by atoms with Crippen LogP contribution in [0.1, 0.15) is 33.1 Å². The third-order valence-electron chi connectivity index (χ3n) is 1.54. The van der Waals surface area contributed by atoms with Crippen molar-refractivity contribution in [1.82, 2.24) is 0 Å². The highest BCUT2D eigenvalue weighted by molar-refractivity contribution is 6.34. The maximum Gasteiger partial charge on any atom is 0.168 e. The predicted molar refractivity (Wildman–Crippen MR) is 49.5 cm³/mol. The zero-order valence-corrected chi connectivity index (χ0v) is 8.97. The molecule has 0 amide bonds. The van der Waals surface area contributed by atoms with E-state index >= 15 is 0 Å². The van der Waals surface area contributed by atoms with E-state index in [1.807, 2.05) is 6.92 Å². The van der Waals surface area contributed by atoms with E-state index in [1.165, 1.54) is 0 Å². The van der Waals surface area contributed by atoms with Crippen LogP contribution in [-0.4, -0.2) is 22.2 Å². The Balaban J connectivity index is 3.09. The summed E-state index contributed by atoms with van der Waals surface area (Å²) in [5.74, 6) is 0.395. The van der Waals surface area contributed by atoms with Gasteiger partial charge in [0.1, 0.15) is 5.78 Å². The second kappa shape index (κ2) is 7.95. The number of unbranched alkanes of at least 4 members (excludes halogenated alkanes) is 1. The SMILES string of the molecule is CCCCC(=O)C[SiH2]OCC. The van der Waals surface area contributed by atoms with Gasteiger partial charge in [-0.2, -0.15) is 0 Å². The van der Waals surface area contributed by atoms with E-state index in [2.05, 4.69) is 6.92 Å². The fourth-order valence-electron chi connectivity index (χ4n) is 0.829.